The van der Waals surface area contributed by atoms with Crippen LogP contribution in [0.5, 0.6) is 0 Å². The van der Waals surface area contributed by atoms with E-state index in [2.05, 4.69) is 0 Å². The highest BCUT2D eigenvalue weighted by Gasteiger charge is 2.29. The van der Waals surface area contributed by atoms with Gasteiger partial charge in [0.05, 0.1) is 5.38 Å². The average Bonchev–Trinajstić information content (AvgIpc) is 2.51. The van der Waals surface area contributed by atoms with E-state index >= 15 is 0 Å². The number of anilines is 1. The van der Waals surface area contributed by atoms with E-state index in [0.717, 1.165) is 16.8 Å². The van der Waals surface area contributed by atoms with Crippen LogP contribution in [-0.4, -0.2) is 13.0 Å². The highest BCUT2D eigenvalue weighted by atomic mass is 35.5. The molecule has 0 aromatic heterocycles. The highest BCUT2D eigenvalue weighted by Crippen LogP contribution is 2.41. The largest absolute Gasteiger partial charge is 0.311 e. The van der Waals surface area contributed by atoms with Gasteiger partial charge in [0, 0.05) is 23.3 Å². The standard InChI is InChI=1S/C15H11Cl2NO/c1-18-13-7-6-9(16)8-12(13)14(17)10-4-2-3-5-11(10)15(18)19/h2-8,14H,1H3/t14-/m0/s1. The smallest absolute Gasteiger partial charge is 0.258 e. The summed E-state index contributed by atoms with van der Waals surface area (Å²) in [6, 6.07) is 12.8. The summed E-state index contributed by atoms with van der Waals surface area (Å²) in [5.41, 5.74) is 3.11. The minimum Gasteiger partial charge on any atom is -0.311 e. The van der Waals surface area contributed by atoms with E-state index in [-0.39, 0.29) is 11.3 Å². The van der Waals surface area contributed by atoms with Crippen LogP contribution in [-0.2, 0) is 0 Å². The molecular weight excluding hydrogens is 281 g/mol. The molecule has 4 heteroatoms. The molecule has 1 atom stereocenters. The van der Waals surface area contributed by atoms with Crippen molar-refractivity contribution in [3.05, 3.63) is 64.2 Å². The van der Waals surface area contributed by atoms with Crippen molar-refractivity contribution >= 4 is 34.8 Å². The molecule has 0 aliphatic carbocycles. The van der Waals surface area contributed by atoms with E-state index in [1.54, 1.807) is 24.1 Å². The van der Waals surface area contributed by atoms with Gasteiger partial charge in [0.15, 0.2) is 0 Å². The van der Waals surface area contributed by atoms with Crippen molar-refractivity contribution in [1.82, 2.24) is 0 Å². The molecule has 0 radical (unpaired) electrons. The minimum absolute atomic E-state index is 0.0534. The number of fused-ring (bicyclic) bond motifs is 2. The zero-order valence-electron chi connectivity index (χ0n) is 10.2. The average molecular weight is 292 g/mol. The van der Waals surface area contributed by atoms with E-state index in [9.17, 15) is 4.79 Å². The second-order valence-electron chi connectivity index (χ2n) is 4.52. The van der Waals surface area contributed by atoms with E-state index in [4.69, 9.17) is 23.2 Å². The second kappa shape index (κ2) is 4.55. The molecule has 0 saturated carbocycles. The molecule has 1 aliphatic heterocycles. The highest BCUT2D eigenvalue weighted by molar-refractivity contribution is 6.31. The molecule has 0 saturated heterocycles. The van der Waals surface area contributed by atoms with Crippen LogP contribution in [0.25, 0.3) is 0 Å². The number of rotatable bonds is 0. The van der Waals surface area contributed by atoms with Crippen LogP contribution < -0.4 is 4.90 Å². The number of amides is 1. The summed E-state index contributed by atoms with van der Waals surface area (Å²) in [6.07, 6.45) is 0. The van der Waals surface area contributed by atoms with Crippen LogP contribution in [0.15, 0.2) is 42.5 Å². The number of hydrogen-bond acceptors (Lipinski definition) is 1. The van der Waals surface area contributed by atoms with Crippen LogP contribution in [0.2, 0.25) is 5.02 Å². The van der Waals surface area contributed by atoms with Gasteiger partial charge in [0.25, 0.3) is 5.91 Å². The van der Waals surface area contributed by atoms with Crippen LogP contribution in [0, 0.1) is 0 Å². The van der Waals surface area contributed by atoms with Crippen molar-refractivity contribution in [2.45, 2.75) is 5.38 Å². The lowest BCUT2D eigenvalue weighted by Crippen LogP contribution is -2.26. The molecule has 0 N–H and O–H groups in total. The zero-order valence-corrected chi connectivity index (χ0v) is 11.7. The molecule has 0 unspecified atom stereocenters. The van der Waals surface area contributed by atoms with Crippen molar-refractivity contribution in [3.63, 3.8) is 0 Å². The number of alkyl halides is 1. The molecule has 96 valence electrons. The predicted molar refractivity (Wildman–Crippen MR) is 78.3 cm³/mol. The number of carbonyl (C=O) groups excluding carboxylic acids is 1. The van der Waals surface area contributed by atoms with Crippen molar-refractivity contribution in [3.8, 4) is 0 Å². The third kappa shape index (κ3) is 1.92. The fraction of sp³-hybridized carbons (Fsp3) is 0.133. The molecule has 1 heterocycles. The lowest BCUT2D eigenvalue weighted by atomic mass is 10.00. The number of hydrogen-bond donors (Lipinski definition) is 0. The second-order valence-corrected chi connectivity index (χ2v) is 5.39. The first-order valence-electron chi connectivity index (χ1n) is 5.90. The van der Waals surface area contributed by atoms with E-state index in [0.29, 0.717) is 10.6 Å². The maximum absolute atomic E-state index is 12.5. The van der Waals surface area contributed by atoms with Gasteiger partial charge in [-0.2, -0.15) is 0 Å². The third-order valence-corrected chi connectivity index (χ3v) is 4.10. The number of halogens is 2. The minimum atomic E-state index is -0.376. The zero-order chi connectivity index (χ0) is 13.6. The quantitative estimate of drug-likeness (QED) is 0.664. The summed E-state index contributed by atoms with van der Waals surface area (Å²) in [4.78, 5) is 14.1. The lowest BCUT2D eigenvalue weighted by Gasteiger charge is -2.18. The van der Waals surface area contributed by atoms with Crippen LogP contribution in [0.1, 0.15) is 26.9 Å². The Morgan fingerprint density at radius 3 is 2.63 bits per heavy atom. The first kappa shape index (κ1) is 12.5. The van der Waals surface area contributed by atoms with Gasteiger partial charge in [-0.1, -0.05) is 29.8 Å². The molecule has 19 heavy (non-hydrogen) atoms. The Bertz CT molecular complexity index is 669. The van der Waals surface area contributed by atoms with Crippen molar-refractivity contribution < 1.29 is 4.79 Å². The van der Waals surface area contributed by atoms with Gasteiger partial charge in [-0.3, -0.25) is 4.79 Å². The van der Waals surface area contributed by atoms with Gasteiger partial charge in [-0.05, 0) is 35.4 Å². The van der Waals surface area contributed by atoms with Crippen LogP contribution in [0.3, 0.4) is 0 Å². The maximum atomic E-state index is 12.5. The van der Waals surface area contributed by atoms with Gasteiger partial charge < -0.3 is 4.90 Å². The summed E-state index contributed by atoms with van der Waals surface area (Å²) in [5, 5.41) is 0.239. The summed E-state index contributed by atoms with van der Waals surface area (Å²) < 4.78 is 0. The predicted octanol–water partition coefficient (Wildman–Crippen LogP) is 4.26. The van der Waals surface area contributed by atoms with E-state index in [1.807, 2.05) is 30.3 Å². The Labute approximate surface area is 121 Å². The summed E-state index contributed by atoms with van der Waals surface area (Å²) in [5.74, 6) is -0.0534. The molecule has 0 fully saturated rings. The topological polar surface area (TPSA) is 20.3 Å². The van der Waals surface area contributed by atoms with Gasteiger partial charge in [0.2, 0.25) is 0 Å². The van der Waals surface area contributed by atoms with Crippen molar-refractivity contribution in [1.29, 1.82) is 0 Å². The summed E-state index contributed by atoms with van der Waals surface area (Å²) in [6.45, 7) is 0. The van der Waals surface area contributed by atoms with Crippen LogP contribution in [0.4, 0.5) is 5.69 Å². The Morgan fingerprint density at radius 2 is 1.84 bits per heavy atom. The molecule has 0 spiro atoms. The first-order valence-corrected chi connectivity index (χ1v) is 6.71. The number of benzene rings is 2. The Morgan fingerprint density at radius 1 is 1.11 bits per heavy atom. The normalized spacial score (nSPS) is 17.7. The Kier molecular flexibility index (Phi) is 3.00. The van der Waals surface area contributed by atoms with Crippen molar-refractivity contribution in [2.24, 2.45) is 0 Å². The lowest BCUT2D eigenvalue weighted by molar-refractivity contribution is 0.0993. The number of carbonyl (C=O) groups is 1. The maximum Gasteiger partial charge on any atom is 0.258 e. The van der Waals surface area contributed by atoms with Gasteiger partial charge in [0.1, 0.15) is 0 Å². The fourth-order valence-electron chi connectivity index (χ4n) is 2.40. The molecular formula is C15H11Cl2NO. The monoisotopic (exact) mass is 291 g/mol. The molecule has 3 rings (SSSR count). The fourth-order valence-corrected chi connectivity index (χ4v) is 2.95. The number of nitrogens with zero attached hydrogens (tertiary/aromatic N) is 1. The molecule has 2 aromatic carbocycles. The molecule has 2 aromatic rings. The SMILES string of the molecule is CN1C(=O)c2ccccc2[C@H](Cl)c2cc(Cl)ccc21. The molecule has 0 bridgehead atoms. The first-order chi connectivity index (χ1) is 9.09. The van der Waals surface area contributed by atoms with Crippen molar-refractivity contribution in [2.75, 3.05) is 11.9 Å². The van der Waals surface area contributed by atoms with Crippen LogP contribution >= 0.6 is 23.2 Å². The molecule has 1 amide bonds. The molecule has 2 nitrogen and oxygen atoms in total. The van der Waals surface area contributed by atoms with Gasteiger partial charge in [-0.15, -0.1) is 11.6 Å². The summed E-state index contributed by atoms with van der Waals surface area (Å²) >= 11 is 12.6. The van der Waals surface area contributed by atoms with E-state index in [1.165, 1.54) is 0 Å². The Balaban J connectivity index is 2.31. The third-order valence-electron chi connectivity index (χ3n) is 3.39. The Hall–Kier alpha value is -1.51. The summed E-state index contributed by atoms with van der Waals surface area (Å²) in [7, 11) is 1.75. The van der Waals surface area contributed by atoms with Gasteiger partial charge in [-0.25, -0.2) is 0 Å². The van der Waals surface area contributed by atoms with Gasteiger partial charge >= 0.3 is 0 Å². The molecule has 1 aliphatic rings. The van der Waals surface area contributed by atoms with E-state index < -0.39 is 0 Å².